The second-order valence-corrected chi connectivity index (χ2v) is 5.40. The molecule has 1 aromatic carbocycles. The quantitative estimate of drug-likeness (QED) is 0.813. The Balaban J connectivity index is 2.15. The molecule has 1 atom stereocenters. The van der Waals surface area contributed by atoms with Crippen LogP contribution < -0.4 is 5.73 Å². The highest BCUT2D eigenvalue weighted by atomic mass is 14.7. The zero-order valence-electron chi connectivity index (χ0n) is 10.4. The summed E-state index contributed by atoms with van der Waals surface area (Å²) < 4.78 is 0. The molecule has 0 saturated heterocycles. The minimum Gasteiger partial charge on any atom is -0.324 e. The van der Waals surface area contributed by atoms with Crippen molar-refractivity contribution in [1.29, 1.82) is 0 Å². The van der Waals surface area contributed by atoms with Crippen molar-refractivity contribution in [2.45, 2.75) is 51.5 Å². The Morgan fingerprint density at radius 2 is 1.75 bits per heavy atom. The van der Waals surface area contributed by atoms with Crippen molar-refractivity contribution in [2.75, 3.05) is 0 Å². The summed E-state index contributed by atoms with van der Waals surface area (Å²) in [7, 11) is 0. The maximum atomic E-state index is 6.37. The summed E-state index contributed by atoms with van der Waals surface area (Å²) in [5.41, 5.74) is 9.11. The fourth-order valence-electron chi connectivity index (χ4n) is 2.71. The van der Waals surface area contributed by atoms with E-state index in [1.165, 1.54) is 36.8 Å². The van der Waals surface area contributed by atoms with Gasteiger partial charge in [-0.1, -0.05) is 51.0 Å². The van der Waals surface area contributed by atoms with Gasteiger partial charge in [0.05, 0.1) is 0 Å². The van der Waals surface area contributed by atoms with Crippen LogP contribution >= 0.6 is 0 Å². The highest BCUT2D eigenvalue weighted by molar-refractivity contribution is 5.28. The lowest BCUT2D eigenvalue weighted by atomic mass is 9.90. The predicted molar refractivity (Wildman–Crippen MR) is 69.4 cm³/mol. The Bertz CT molecular complexity index is 337. The normalized spacial score (nSPS) is 19.2. The molecule has 0 spiro atoms. The van der Waals surface area contributed by atoms with Crippen LogP contribution in [0.15, 0.2) is 24.3 Å². The van der Waals surface area contributed by atoms with E-state index in [1.54, 1.807) is 0 Å². The van der Waals surface area contributed by atoms with E-state index >= 15 is 0 Å². The maximum absolute atomic E-state index is 6.37. The van der Waals surface area contributed by atoms with Gasteiger partial charge in [0.25, 0.3) is 0 Å². The molecule has 1 nitrogen and oxygen atoms in total. The Labute approximate surface area is 99.0 Å². The highest BCUT2D eigenvalue weighted by Gasteiger charge is 2.23. The molecule has 0 radical (unpaired) electrons. The van der Waals surface area contributed by atoms with Crippen molar-refractivity contribution in [3.8, 4) is 0 Å². The van der Waals surface area contributed by atoms with Crippen LogP contribution in [0.5, 0.6) is 0 Å². The monoisotopic (exact) mass is 217 g/mol. The van der Waals surface area contributed by atoms with Gasteiger partial charge in [0, 0.05) is 6.04 Å². The zero-order chi connectivity index (χ0) is 11.5. The van der Waals surface area contributed by atoms with E-state index in [4.69, 9.17) is 5.73 Å². The van der Waals surface area contributed by atoms with Gasteiger partial charge in [0.15, 0.2) is 0 Å². The molecule has 0 heterocycles. The lowest BCUT2D eigenvalue weighted by molar-refractivity contribution is 0.444. The number of nitrogens with two attached hydrogens (primary N) is 1. The van der Waals surface area contributed by atoms with Crippen LogP contribution in [0.2, 0.25) is 0 Å². The molecule has 1 heteroatoms. The van der Waals surface area contributed by atoms with Gasteiger partial charge >= 0.3 is 0 Å². The Morgan fingerprint density at radius 1 is 1.12 bits per heavy atom. The second-order valence-electron chi connectivity index (χ2n) is 5.40. The van der Waals surface area contributed by atoms with E-state index in [1.807, 2.05) is 0 Å². The van der Waals surface area contributed by atoms with Crippen LogP contribution in [0.3, 0.4) is 0 Å². The van der Waals surface area contributed by atoms with E-state index in [-0.39, 0.29) is 6.04 Å². The molecule has 1 aromatic rings. The molecule has 88 valence electrons. The predicted octanol–water partition coefficient (Wildman–Crippen LogP) is 4.00. The van der Waals surface area contributed by atoms with E-state index in [9.17, 15) is 0 Å². The molecule has 1 saturated carbocycles. The van der Waals surface area contributed by atoms with Gasteiger partial charge < -0.3 is 5.73 Å². The lowest BCUT2D eigenvalue weighted by Gasteiger charge is -2.20. The van der Waals surface area contributed by atoms with Crippen LogP contribution in [0.1, 0.15) is 62.6 Å². The first kappa shape index (κ1) is 11.7. The largest absolute Gasteiger partial charge is 0.324 e. The van der Waals surface area contributed by atoms with Crippen molar-refractivity contribution in [3.05, 3.63) is 35.4 Å². The molecular weight excluding hydrogens is 194 g/mol. The van der Waals surface area contributed by atoms with Gasteiger partial charge in [-0.2, -0.15) is 0 Å². The summed E-state index contributed by atoms with van der Waals surface area (Å²) >= 11 is 0. The first-order valence-electron chi connectivity index (χ1n) is 6.54. The summed E-state index contributed by atoms with van der Waals surface area (Å²) in [6.45, 7) is 4.47. The van der Waals surface area contributed by atoms with Crippen LogP contribution in [0.4, 0.5) is 0 Å². The zero-order valence-corrected chi connectivity index (χ0v) is 10.4. The van der Waals surface area contributed by atoms with Gasteiger partial charge in [0.1, 0.15) is 0 Å². The van der Waals surface area contributed by atoms with Crippen molar-refractivity contribution < 1.29 is 0 Å². The van der Waals surface area contributed by atoms with Crippen LogP contribution in [-0.2, 0) is 0 Å². The van der Waals surface area contributed by atoms with Crippen LogP contribution in [0, 0.1) is 5.92 Å². The van der Waals surface area contributed by atoms with Gasteiger partial charge in [-0.05, 0) is 35.8 Å². The van der Waals surface area contributed by atoms with Gasteiger partial charge in [-0.15, -0.1) is 0 Å². The summed E-state index contributed by atoms with van der Waals surface area (Å²) in [5, 5.41) is 0. The number of hydrogen-bond donors (Lipinski definition) is 1. The van der Waals surface area contributed by atoms with Crippen LogP contribution in [0.25, 0.3) is 0 Å². The minimum absolute atomic E-state index is 0.251. The third kappa shape index (κ3) is 2.46. The third-order valence-corrected chi connectivity index (χ3v) is 3.87. The molecule has 0 aliphatic heterocycles. The van der Waals surface area contributed by atoms with Gasteiger partial charge in [-0.25, -0.2) is 0 Å². The Kier molecular flexibility index (Phi) is 3.65. The molecular formula is C15H23N. The molecule has 0 amide bonds. The standard InChI is InChI=1S/C15H23N/c1-11(2)13-8-5-9-14(10-13)15(16)12-6-3-4-7-12/h5,8-12,15H,3-4,6-7,16H2,1-2H3/t15-/m0/s1. The number of hydrogen-bond acceptors (Lipinski definition) is 1. The lowest BCUT2D eigenvalue weighted by Crippen LogP contribution is -2.19. The average Bonchev–Trinajstić information content (AvgIpc) is 2.81. The molecule has 1 aliphatic rings. The molecule has 16 heavy (non-hydrogen) atoms. The van der Waals surface area contributed by atoms with E-state index in [0.717, 1.165) is 0 Å². The average molecular weight is 217 g/mol. The summed E-state index contributed by atoms with van der Waals surface area (Å²) in [5.74, 6) is 1.30. The first-order valence-corrected chi connectivity index (χ1v) is 6.54. The smallest absolute Gasteiger partial charge is 0.0323 e. The maximum Gasteiger partial charge on any atom is 0.0323 e. The Morgan fingerprint density at radius 3 is 2.38 bits per heavy atom. The molecule has 2 rings (SSSR count). The SMILES string of the molecule is CC(C)c1cccc([C@@H](N)C2CCCC2)c1. The van der Waals surface area contributed by atoms with E-state index < -0.39 is 0 Å². The third-order valence-electron chi connectivity index (χ3n) is 3.87. The fourth-order valence-corrected chi connectivity index (χ4v) is 2.71. The van der Waals surface area contributed by atoms with Crippen molar-refractivity contribution in [1.82, 2.24) is 0 Å². The van der Waals surface area contributed by atoms with Gasteiger partial charge in [-0.3, -0.25) is 0 Å². The molecule has 1 fully saturated rings. The topological polar surface area (TPSA) is 26.0 Å². The molecule has 2 N–H and O–H groups in total. The Hall–Kier alpha value is -0.820. The molecule has 1 aliphatic carbocycles. The molecule has 0 bridgehead atoms. The molecule has 0 unspecified atom stereocenters. The fraction of sp³-hybridized carbons (Fsp3) is 0.600. The minimum atomic E-state index is 0.251. The molecule has 0 aromatic heterocycles. The number of benzene rings is 1. The van der Waals surface area contributed by atoms with E-state index in [2.05, 4.69) is 38.1 Å². The second kappa shape index (κ2) is 5.01. The van der Waals surface area contributed by atoms with Gasteiger partial charge in [0.2, 0.25) is 0 Å². The highest BCUT2D eigenvalue weighted by Crippen LogP contribution is 2.34. The van der Waals surface area contributed by atoms with Crippen LogP contribution in [-0.4, -0.2) is 0 Å². The number of rotatable bonds is 3. The summed E-state index contributed by atoms with van der Waals surface area (Å²) in [6.07, 6.45) is 5.35. The first-order chi connectivity index (χ1) is 7.68. The van der Waals surface area contributed by atoms with E-state index in [0.29, 0.717) is 11.8 Å². The van der Waals surface area contributed by atoms with Crippen molar-refractivity contribution in [3.63, 3.8) is 0 Å². The van der Waals surface area contributed by atoms with Crippen molar-refractivity contribution in [2.24, 2.45) is 11.7 Å². The summed E-state index contributed by atoms with van der Waals surface area (Å²) in [4.78, 5) is 0. The van der Waals surface area contributed by atoms with Crippen molar-refractivity contribution >= 4 is 0 Å². The summed E-state index contributed by atoms with van der Waals surface area (Å²) in [6, 6.07) is 9.10.